The smallest absolute Gasteiger partial charge is 0.296 e. The molecule has 0 aliphatic carbocycles. The summed E-state index contributed by atoms with van der Waals surface area (Å²) < 4.78 is 6.66. The van der Waals surface area contributed by atoms with Crippen LogP contribution in [-0.2, 0) is 0 Å². The van der Waals surface area contributed by atoms with Gasteiger partial charge in [0.25, 0.3) is 5.91 Å². The van der Waals surface area contributed by atoms with Crippen molar-refractivity contribution in [2.45, 2.75) is 6.04 Å². The number of carbonyl (C=O) groups is 1. The molecule has 1 amide bonds. The van der Waals surface area contributed by atoms with Crippen molar-refractivity contribution in [2.24, 2.45) is 0 Å². The zero-order valence-corrected chi connectivity index (χ0v) is 16.0. The molecule has 0 saturated heterocycles. The molecule has 0 fully saturated rings. The third-order valence-electron chi connectivity index (χ3n) is 4.73. The highest BCUT2D eigenvalue weighted by molar-refractivity contribution is 9.10. The molecule has 7 heteroatoms. The number of fused-ring (bicyclic) bond motifs is 2. The highest BCUT2D eigenvalue weighted by Crippen LogP contribution is 2.40. The molecule has 3 aromatic heterocycles. The van der Waals surface area contributed by atoms with E-state index in [0.29, 0.717) is 27.9 Å². The molecule has 6 nitrogen and oxygen atoms in total. The molecular formula is C21H12BrN3O3. The molecule has 1 aliphatic heterocycles. The van der Waals surface area contributed by atoms with Crippen LogP contribution in [0.25, 0.3) is 11.0 Å². The molecule has 0 radical (unpaired) electrons. The summed E-state index contributed by atoms with van der Waals surface area (Å²) in [6.07, 6.45) is 4.90. The van der Waals surface area contributed by atoms with Gasteiger partial charge in [0.15, 0.2) is 5.43 Å². The molecule has 5 rings (SSSR count). The quantitative estimate of drug-likeness (QED) is 0.475. The van der Waals surface area contributed by atoms with Crippen LogP contribution in [0.1, 0.15) is 27.7 Å². The third kappa shape index (κ3) is 2.47. The zero-order chi connectivity index (χ0) is 19.3. The van der Waals surface area contributed by atoms with E-state index >= 15 is 0 Å². The molecule has 1 unspecified atom stereocenters. The van der Waals surface area contributed by atoms with Gasteiger partial charge in [-0.15, -0.1) is 0 Å². The highest BCUT2D eigenvalue weighted by atomic mass is 79.9. The maximum absolute atomic E-state index is 13.4. The first kappa shape index (κ1) is 16.8. The molecule has 0 N–H and O–H groups in total. The number of nitrogens with zero attached hydrogens (tertiary/aromatic N) is 3. The second-order valence-electron chi connectivity index (χ2n) is 6.37. The van der Waals surface area contributed by atoms with Crippen LogP contribution < -0.4 is 10.3 Å². The van der Waals surface area contributed by atoms with Crippen molar-refractivity contribution in [3.05, 3.63) is 98.7 Å². The summed E-state index contributed by atoms with van der Waals surface area (Å²) in [5.41, 5.74) is 1.14. The first-order valence-corrected chi connectivity index (χ1v) is 9.35. The van der Waals surface area contributed by atoms with E-state index in [1.807, 2.05) is 6.07 Å². The van der Waals surface area contributed by atoms with E-state index < -0.39 is 11.9 Å². The number of carbonyl (C=O) groups excluding carboxylic acids is 1. The summed E-state index contributed by atoms with van der Waals surface area (Å²) in [6, 6.07) is 13.4. The van der Waals surface area contributed by atoms with Crippen LogP contribution in [-0.4, -0.2) is 15.9 Å². The molecule has 4 aromatic rings. The molecular weight excluding hydrogens is 422 g/mol. The van der Waals surface area contributed by atoms with Gasteiger partial charge in [-0.05, 0) is 42.0 Å². The maximum atomic E-state index is 13.4. The van der Waals surface area contributed by atoms with Gasteiger partial charge in [0.1, 0.15) is 11.4 Å². The zero-order valence-electron chi connectivity index (χ0n) is 14.4. The standard InChI is InChI=1S/C21H12BrN3O3/c22-13-6-7-15-14(10-13)19(26)17-18(12-4-3-8-23-11-12)25(21(27)20(17)28-15)16-5-1-2-9-24-16/h1-11,18H. The number of hydrogen-bond donors (Lipinski definition) is 0. The van der Waals surface area contributed by atoms with Gasteiger partial charge < -0.3 is 4.42 Å². The molecule has 0 bridgehead atoms. The van der Waals surface area contributed by atoms with Crippen LogP contribution in [0.2, 0.25) is 0 Å². The molecule has 4 heterocycles. The predicted molar refractivity (Wildman–Crippen MR) is 107 cm³/mol. The topological polar surface area (TPSA) is 76.3 Å². The van der Waals surface area contributed by atoms with Crippen molar-refractivity contribution in [3.8, 4) is 0 Å². The van der Waals surface area contributed by atoms with Gasteiger partial charge in [0, 0.05) is 23.1 Å². The minimum absolute atomic E-state index is 0.0410. The van der Waals surface area contributed by atoms with Gasteiger partial charge >= 0.3 is 0 Å². The number of benzene rings is 1. The van der Waals surface area contributed by atoms with Gasteiger partial charge in [-0.25, -0.2) is 4.98 Å². The third-order valence-corrected chi connectivity index (χ3v) is 5.22. The van der Waals surface area contributed by atoms with Crippen LogP contribution in [0.15, 0.2) is 80.8 Å². The highest BCUT2D eigenvalue weighted by Gasteiger charge is 2.44. The van der Waals surface area contributed by atoms with Crippen molar-refractivity contribution in [1.82, 2.24) is 9.97 Å². The normalized spacial score (nSPS) is 15.8. The van der Waals surface area contributed by atoms with Crippen LogP contribution in [0.5, 0.6) is 0 Å². The first-order chi connectivity index (χ1) is 13.6. The van der Waals surface area contributed by atoms with E-state index in [2.05, 4.69) is 25.9 Å². The molecule has 0 spiro atoms. The van der Waals surface area contributed by atoms with Crippen molar-refractivity contribution in [3.63, 3.8) is 0 Å². The minimum atomic E-state index is -0.661. The molecule has 0 saturated carbocycles. The summed E-state index contributed by atoms with van der Waals surface area (Å²) in [5.74, 6) is 0.0844. The molecule has 1 aliphatic rings. The summed E-state index contributed by atoms with van der Waals surface area (Å²) >= 11 is 3.39. The Labute approximate surface area is 167 Å². The lowest BCUT2D eigenvalue weighted by atomic mass is 10.00. The Balaban J connectivity index is 1.84. The number of anilines is 1. The van der Waals surface area contributed by atoms with Gasteiger partial charge in [-0.1, -0.05) is 28.1 Å². The lowest BCUT2D eigenvalue weighted by Crippen LogP contribution is -2.30. The van der Waals surface area contributed by atoms with Crippen molar-refractivity contribution in [2.75, 3.05) is 4.90 Å². The number of halogens is 1. The monoisotopic (exact) mass is 433 g/mol. The number of aromatic nitrogens is 2. The van der Waals surface area contributed by atoms with E-state index in [1.165, 1.54) is 4.90 Å². The van der Waals surface area contributed by atoms with Gasteiger partial charge in [-0.3, -0.25) is 19.5 Å². The summed E-state index contributed by atoms with van der Waals surface area (Å²) in [5, 5.41) is 0.415. The predicted octanol–water partition coefficient (Wildman–Crippen LogP) is 4.10. The summed E-state index contributed by atoms with van der Waals surface area (Å²) in [7, 11) is 0. The molecule has 1 aromatic carbocycles. The van der Waals surface area contributed by atoms with Crippen LogP contribution in [0.3, 0.4) is 0 Å². The summed E-state index contributed by atoms with van der Waals surface area (Å²) in [6.45, 7) is 0. The van der Waals surface area contributed by atoms with E-state index in [-0.39, 0.29) is 11.2 Å². The fourth-order valence-corrected chi connectivity index (χ4v) is 3.89. The Morgan fingerprint density at radius 1 is 1.04 bits per heavy atom. The number of pyridine rings is 2. The number of hydrogen-bond acceptors (Lipinski definition) is 5. The van der Waals surface area contributed by atoms with E-state index in [4.69, 9.17) is 4.42 Å². The Kier molecular flexibility index (Phi) is 3.84. The van der Waals surface area contributed by atoms with Crippen LogP contribution in [0, 0.1) is 0 Å². The van der Waals surface area contributed by atoms with Crippen molar-refractivity contribution < 1.29 is 9.21 Å². The molecule has 136 valence electrons. The lowest BCUT2D eigenvalue weighted by Gasteiger charge is -2.23. The number of rotatable bonds is 2. The number of amides is 1. The Morgan fingerprint density at radius 3 is 2.68 bits per heavy atom. The Bertz CT molecular complexity index is 1270. The summed E-state index contributed by atoms with van der Waals surface area (Å²) in [4.78, 5) is 36.6. The maximum Gasteiger partial charge on any atom is 0.296 e. The Morgan fingerprint density at radius 2 is 1.93 bits per heavy atom. The van der Waals surface area contributed by atoms with Gasteiger partial charge in [-0.2, -0.15) is 0 Å². The molecule has 28 heavy (non-hydrogen) atoms. The van der Waals surface area contributed by atoms with Crippen molar-refractivity contribution in [1.29, 1.82) is 0 Å². The largest absolute Gasteiger partial charge is 0.450 e. The fraction of sp³-hybridized carbons (Fsp3) is 0.0476. The molecule has 1 atom stereocenters. The second kappa shape index (κ2) is 6.38. The lowest BCUT2D eigenvalue weighted by molar-refractivity contribution is 0.0970. The van der Waals surface area contributed by atoms with E-state index in [1.54, 1.807) is 61.1 Å². The first-order valence-electron chi connectivity index (χ1n) is 8.56. The minimum Gasteiger partial charge on any atom is -0.450 e. The van der Waals surface area contributed by atoms with E-state index in [9.17, 15) is 9.59 Å². The average Bonchev–Trinajstić information content (AvgIpc) is 3.03. The SMILES string of the molecule is O=C1c2oc3ccc(Br)cc3c(=O)c2C(c2cccnc2)N1c1ccccn1. The van der Waals surface area contributed by atoms with Crippen LogP contribution in [0.4, 0.5) is 5.82 Å². The Hall–Kier alpha value is -3.32. The second-order valence-corrected chi connectivity index (χ2v) is 7.28. The fourth-order valence-electron chi connectivity index (χ4n) is 3.53. The van der Waals surface area contributed by atoms with E-state index in [0.717, 1.165) is 4.47 Å². The van der Waals surface area contributed by atoms with Gasteiger partial charge in [0.05, 0.1) is 17.0 Å². The van der Waals surface area contributed by atoms with Gasteiger partial charge in [0.2, 0.25) is 5.76 Å². The van der Waals surface area contributed by atoms with Crippen molar-refractivity contribution >= 4 is 38.6 Å². The average molecular weight is 434 g/mol. The van der Waals surface area contributed by atoms with Crippen LogP contribution >= 0.6 is 15.9 Å².